The van der Waals surface area contributed by atoms with Gasteiger partial charge in [0.1, 0.15) is 0 Å². The van der Waals surface area contributed by atoms with Crippen LogP contribution in [0.3, 0.4) is 0 Å². The van der Waals surface area contributed by atoms with Crippen molar-refractivity contribution in [1.29, 1.82) is 0 Å². The van der Waals surface area contributed by atoms with Crippen LogP contribution in [0.2, 0.25) is 0 Å². The first-order valence-corrected chi connectivity index (χ1v) is 9.76. The monoisotopic (exact) mass is 422 g/mol. The highest BCUT2D eigenvalue weighted by molar-refractivity contribution is 7.89. The minimum absolute atomic E-state index is 0.0602. The lowest BCUT2D eigenvalue weighted by atomic mass is 10.1. The van der Waals surface area contributed by atoms with Crippen LogP contribution in [0, 0.1) is 0 Å². The molecule has 1 aromatic rings. The molecule has 1 aliphatic rings. The van der Waals surface area contributed by atoms with E-state index in [1.807, 2.05) is 0 Å². The van der Waals surface area contributed by atoms with Crippen molar-refractivity contribution < 1.29 is 31.2 Å². The van der Waals surface area contributed by atoms with Crippen LogP contribution in [0.1, 0.15) is 18.4 Å². The topological polar surface area (TPSA) is 91.3 Å². The minimum atomic E-state index is -4.62. The summed E-state index contributed by atoms with van der Waals surface area (Å²) in [7, 11) is -0.761. The van der Waals surface area contributed by atoms with Gasteiger partial charge >= 0.3 is 6.18 Å². The van der Waals surface area contributed by atoms with Crippen LogP contribution in [0.25, 0.3) is 0 Å². The first-order chi connectivity index (χ1) is 13.0. The van der Waals surface area contributed by atoms with Crippen LogP contribution < -0.4 is 5.43 Å². The molecule has 0 aromatic heterocycles. The van der Waals surface area contributed by atoms with E-state index in [4.69, 9.17) is 4.84 Å². The van der Waals surface area contributed by atoms with E-state index in [1.165, 1.54) is 5.01 Å². The number of nitrogens with zero attached hydrogens (tertiary/aromatic N) is 3. The third-order valence-electron chi connectivity index (χ3n) is 3.84. The third kappa shape index (κ3) is 5.91. The molecule has 0 aliphatic carbocycles. The van der Waals surface area contributed by atoms with Gasteiger partial charge in [0.25, 0.3) is 5.91 Å². The van der Waals surface area contributed by atoms with E-state index in [0.29, 0.717) is 11.8 Å². The van der Waals surface area contributed by atoms with E-state index in [1.54, 1.807) is 14.1 Å². The third-order valence-corrected chi connectivity index (χ3v) is 5.73. The number of benzene rings is 1. The molecule has 1 aromatic carbocycles. The number of carbonyl (C=O) groups is 1. The van der Waals surface area contributed by atoms with E-state index in [9.17, 15) is 26.4 Å². The van der Waals surface area contributed by atoms with Gasteiger partial charge in [-0.05, 0) is 18.2 Å². The Hall–Kier alpha value is -2.18. The highest BCUT2D eigenvalue weighted by atomic mass is 32.2. The largest absolute Gasteiger partial charge is 0.416 e. The molecule has 2 rings (SSSR count). The maximum atomic E-state index is 12.8. The molecule has 1 amide bonds. The van der Waals surface area contributed by atoms with Crippen molar-refractivity contribution >= 4 is 21.6 Å². The van der Waals surface area contributed by atoms with Crippen LogP contribution in [-0.2, 0) is 25.8 Å². The Morgan fingerprint density at radius 3 is 2.50 bits per heavy atom. The van der Waals surface area contributed by atoms with Crippen LogP contribution in [0.4, 0.5) is 13.2 Å². The second-order valence-electron chi connectivity index (χ2n) is 6.29. The number of hydrazine groups is 1. The Kier molecular flexibility index (Phi) is 7.01. The number of hydrogen-bond donors (Lipinski definition) is 1. The van der Waals surface area contributed by atoms with Gasteiger partial charge in [-0.3, -0.25) is 10.2 Å². The molecule has 0 radical (unpaired) electrons. The van der Waals surface area contributed by atoms with Crippen LogP contribution in [0.15, 0.2) is 34.3 Å². The summed E-state index contributed by atoms with van der Waals surface area (Å²) in [5, 5.41) is 5.29. The zero-order valence-corrected chi connectivity index (χ0v) is 16.2. The van der Waals surface area contributed by atoms with Gasteiger partial charge in [-0.15, -0.1) is 0 Å². The van der Waals surface area contributed by atoms with Gasteiger partial charge in [0.15, 0.2) is 6.61 Å². The molecule has 0 unspecified atom stereocenters. The van der Waals surface area contributed by atoms with Crippen LogP contribution in [0.5, 0.6) is 0 Å². The van der Waals surface area contributed by atoms with E-state index in [0.717, 1.165) is 22.5 Å². The Morgan fingerprint density at radius 1 is 1.29 bits per heavy atom. The number of rotatable bonds is 6. The summed E-state index contributed by atoms with van der Waals surface area (Å²) in [4.78, 5) is 16.0. The van der Waals surface area contributed by atoms with E-state index < -0.39 is 26.7 Å². The molecule has 1 aliphatic heterocycles. The zero-order valence-electron chi connectivity index (χ0n) is 15.4. The highest BCUT2D eigenvalue weighted by Gasteiger charge is 2.33. The summed E-state index contributed by atoms with van der Waals surface area (Å²) in [6.45, 7) is -0.163. The molecule has 8 nitrogen and oxygen atoms in total. The molecule has 0 spiro atoms. The predicted octanol–water partition coefficient (Wildman–Crippen LogP) is 1.46. The fourth-order valence-corrected chi connectivity index (χ4v) is 4.01. The van der Waals surface area contributed by atoms with Crippen molar-refractivity contribution in [2.75, 3.05) is 33.8 Å². The normalized spacial score (nSPS) is 16.1. The number of sulfonamides is 1. The summed E-state index contributed by atoms with van der Waals surface area (Å²) < 4.78 is 64.8. The number of piperidine rings is 1. The molecule has 1 N–H and O–H groups in total. The fourth-order valence-electron chi connectivity index (χ4n) is 2.52. The lowest BCUT2D eigenvalue weighted by molar-refractivity contribution is -0.137. The molecule has 12 heteroatoms. The predicted molar refractivity (Wildman–Crippen MR) is 94.7 cm³/mol. The number of alkyl halides is 3. The van der Waals surface area contributed by atoms with Crippen molar-refractivity contribution in [1.82, 2.24) is 14.7 Å². The highest BCUT2D eigenvalue weighted by Crippen LogP contribution is 2.31. The number of oxime groups is 1. The number of amides is 1. The molecular formula is C16H21F3N4O4S. The van der Waals surface area contributed by atoms with Crippen molar-refractivity contribution in [2.45, 2.75) is 23.9 Å². The van der Waals surface area contributed by atoms with Gasteiger partial charge in [0.2, 0.25) is 10.0 Å². The first kappa shape index (κ1) is 22.1. The molecule has 0 atom stereocenters. The molecule has 1 fully saturated rings. The van der Waals surface area contributed by atoms with Crippen molar-refractivity contribution in [3.05, 3.63) is 29.8 Å². The minimum Gasteiger partial charge on any atom is -0.386 e. The molecule has 156 valence electrons. The summed E-state index contributed by atoms with van der Waals surface area (Å²) >= 11 is 0. The van der Waals surface area contributed by atoms with Crippen molar-refractivity contribution in [2.24, 2.45) is 5.16 Å². The summed E-state index contributed by atoms with van der Waals surface area (Å²) in [6, 6.07) is 3.66. The second kappa shape index (κ2) is 8.88. The smallest absolute Gasteiger partial charge is 0.386 e. The van der Waals surface area contributed by atoms with Crippen molar-refractivity contribution in [3.8, 4) is 0 Å². The Balaban J connectivity index is 1.97. The molecule has 28 heavy (non-hydrogen) atoms. The van der Waals surface area contributed by atoms with Crippen LogP contribution in [-0.4, -0.2) is 63.1 Å². The molecule has 0 saturated carbocycles. The number of hydrogen-bond acceptors (Lipinski definition) is 6. The lowest BCUT2D eigenvalue weighted by Gasteiger charge is -2.26. The Morgan fingerprint density at radius 2 is 1.93 bits per heavy atom. The van der Waals surface area contributed by atoms with Gasteiger partial charge in [0, 0.05) is 40.0 Å². The summed E-state index contributed by atoms with van der Waals surface area (Å²) in [5.41, 5.74) is 2.03. The molecular weight excluding hydrogens is 401 g/mol. The molecule has 0 bridgehead atoms. The van der Waals surface area contributed by atoms with Gasteiger partial charge in [-0.25, -0.2) is 13.4 Å². The second-order valence-corrected chi connectivity index (χ2v) is 8.23. The van der Waals surface area contributed by atoms with Crippen molar-refractivity contribution in [3.63, 3.8) is 0 Å². The maximum absolute atomic E-state index is 12.8. The fraction of sp³-hybridized carbons (Fsp3) is 0.500. The maximum Gasteiger partial charge on any atom is 0.416 e. The molecule has 1 saturated heterocycles. The van der Waals surface area contributed by atoms with Crippen LogP contribution >= 0.6 is 0 Å². The quantitative estimate of drug-likeness (QED) is 0.701. The summed E-state index contributed by atoms with van der Waals surface area (Å²) in [6.07, 6.45) is -4.11. The van der Waals surface area contributed by atoms with Gasteiger partial charge in [-0.1, -0.05) is 11.2 Å². The standard InChI is InChI=1S/C16H21F3N4O4S/c1-22(2)20-15(24)11-27-21-13-6-8-23(9-7-13)28(25,26)14-5-3-4-12(10-14)16(17,18)19/h3-5,10H,6-9,11H2,1-2H3,(H,20,24). The number of nitrogens with one attached hydrogen (secondary N) is 1. The van der Waals surface area contributed by atoms with E-state index >= 15 is 0 Å². The van der Waals surface area contributed by atoms with Gasteiger partial charge in [-0.2, -0.15) is 17.5 Å². The first-order valence-electron chi connectivity index (χ1n) is 8.32. The van der Waals surface area contributed by atoms with Gasteiger partial charge in [0.05, 0.1) is 16.2 Å². The SMILES string of the molecule is CN(C)NC(=O)CON=C1CCN(S(=O)(=O)c2cccc(C(F)(F)F)c2)CC1. The average Bonchev–Trinajstić information content (AvgIpc) is 2.61. The lowest BCUT2D eigenvalue weighted by Crippen LogP contribution is -2.39. The number of halogens is 3. The summed E-state index contributed by atoms with van der Waals surface area (Å²) in [5.74, 6) is -0.390. The Labute approximate surface area is 160 Å². The average molecular weight is 422 g/mol. The zero-order chi connectivity index (χ0) is 20.9. The van der Waals surface area contributed by atoms with E-state index in [-0.39, 0.29) is 38.4 Å². The molecule has 1 heterocycles. The van der Waals surface area contributed by atoms with E-state index in [2.05, 4.69) is 10.6 Å². The Bertz CT molecular complexity index is 831. The number of carbonyl (C=O) groups excluding carboxylic acids is 1. The van der Waals surface area contributed by atoms with Gasteiger partial charge < -0.3 is 4.84 Å².